The molecule has 0 spiro atoms. The van der Waals surface area contributed by atoms with E-state index in [1.54, 1.807) is 24.3 Å². The van der Waals surface area contributed by atoms with Crippen molar-refractivity contribution in [2.45, 2.75) is 23.6 Å². The highest BCUT2D eigenvalue weighted by molar-refractivity contribution is 8.00. The number of thioether (sulfide) groups is 1. The second-order valence-electron chi connectivity index (χ2n) is 9.99. The van der Waals surface area contributed by atoms with Crippen LogP contribution in [0.4, 0.5) is 11.4 Å². The van der Waals surface area contributed by atoms with Gasteiger partial charge in [-0.3, -0.25) is 9.59 Å². The molecule has 8 heteroatoms. The van der Waals surface area contributed by atoms with Crippen LogP contribution in [0.1, 0.15) is 28.1 Å². The van der Waals surface area contributed by atoms with E-state index >= 15 is 0 Å². The maximum Gasteiger partial charge on any atom is 0.257 e. The summed E-state index contributed by atoms with van der Waals surface area (Å²) >= 11 is 13.6. The molecule has 6 rings (SSSR count). The van der Waals surface area contributed by atoms with E-state index in [0.29, 0.717) is 16.3 Å². The van der Waals surface area contributed by atoms with E-state index in [1.165, 1.54) is 23.3 Å². The lowest BCUT2D eigenvalue weighted by Crippen LogP contribution is -2.19. The summed E-state index contributed by atoms with van der Waals surface area (Å²) < 4.78 is 2.29. The number of halogens is 2. The molecule has 5 aromatic carbocycles. The van der Waals surface area contributed by atoms with E-state index in [0.717, 1.165) is 39.0 Å². The molecule has 1 aromatic heterocycles. The molecule has 43 heavy (non-hydrogen) atoms. The Hall–Kier alpha value is -4.23. The number of carbonyl (C=O) groups is 2. The number of anilines is 2. The molecule has 1 atom stereocenters. The van der Waals surface area contributed by atoms with Crippen molar-refractivity contribution in [1.29, 1.82) is 0 Å². The molecule has 6 aromatic rings. The first kappa shape index (κ1) is 28.9. The molecule has 1 unspecified atom stereocenters. The Labute approximate surface area is 263 Å². The summed E-state index contributed by atoms with van der Waals surface area (Å²) in [6, 6.07) is 36.3. The van der Waals surface area contributed by atoms with Crippen LogP contribution in [0.5, 0.6) is 0 Å². The van der Waals surface area contributed by atoms with Crippen LogP contribution in [-0.4, -0.2) is 16.4 Å². The minimum Gasteiger partial charge on any atom is -0.341 e. The van der Waals surface area contributed by atoms with Gasteiger partial charge in [-0.15, -0.1) is 11.8 Å². The van der Waals surface area contributed by atoms with E-state index < -0.39 is 5.25 Å². The van der Waals surface area contributed by atoms with Crippen LogP contribution in [0.15, 0.2) is 120 Å². The summed E-state index contributed by atoms with van der Waals surface area (Å²) in [7, 11) is 0. The van der Waals surface area contributed by atoms with Gasteiger partial charge >= 0.3 is 0 Å². The van der Waals surface area contributed by atoms with Crippen molar-refractivity contribution in [3.63, 3.8) is 0 Å². The van der Waals surface area contributed by atoms with Gasteiger partial charge in [0.25, 0.3) is 5.91 Å². The number of aryl methyl sites for hydroxylation is 1. The van der Waals surface area contributed by atoms with Crippen molar-refractivity contribution < 1.29 is 9.59 Å². The number of aromatic nitrogens is 1. The standard InChI is InChI=1S/C35H27Cl2N3O2S/c1-2-40-31-11-7-6-10-27(31)29-21-25(15-19-32(29)40)39-35(42)33(22-8-4-3-5-9-22)43-26-16-13-24(14-17-26)38-34(41)28-18-12-23(36)20-30(28)37/h3-21,33H,2H2,1H3,(H,38,41)(H,39,42). The van der Waals surface area contributed by atoms with Gasteiger partial charge in [-0.05, 0) is 79.2 Å². The van der Waals surface area contributed by atoms with Crippen molar-refractivity contribution in [3.05, 3.63) is 136 Å². The number of hydrogen-bond donors (Lipinski definition) is 2. The fourth-order valence-electron chi connectivity index (χ4n) is 5.21. The Kier molecular flexibility index (Phi) is 8.43. The minimum absolute atomic E-state index is 0.121. The van der Waals surface area contributed by atoms with Crippen molar-refractivity contribution >= 4 is 80.0 Å². The van der Waals surface area contributed by atoms with Gasteiger partial charge in [-0.2, -0.15) is 0 Å². The monoisotopic (exact) mass is 623 g/mol. The van der Waals surface area contributed by atoms with Crippen molar-refractivity contribution in [3.8, 4) is 0 Å². The Bertz CT molecular complexity index is 1960. The zero-order valence-electron chi connectivity index (χ0n) is 23.2. The molecule has 0 aliphatic rings. The van der Waals surface area contributed by atoms with E-state index in [2.05, 4.69) is 46.4 Å². The summed E-state index contributed by atoms with van der Waals surface area (Å²) in [6.07, 6.45) is 0. The lowest BCUT2D eigenvalue weighted by atomic mass is 10.1. The van der Waals surface area contributed by atoms with E-state index in [4.69, 9.17) is 23.2 Å². The molecular weight excluding hydrogens is 597 g/mol. The molecule has 0 bridgehead atoms. The van der Waals surface area contributed by atoms with Gasteiger partial charge in [0.15, 0.2) is 0 Å². The topological polar surface area (TPSA) is 63.1 Å². The number of carbonyl (C=O) groups excluding carboxylic acids is 2. The highest BCUT2D eigenvalue weighted by Crippen LogP contribution is 2.38. The average molecular weight is 625 g/mol. The number of fused-ring (bicyclic) bond motifs is 3. The lowest BCUT2D eigenvalue weighted by molar-refractivity contribution is -0.115. The molecule has 0 saturated carbocycles. The smallest absolute Gasteiger partial charge is 0.257 e. The summed E-state index contributed by atoms with van der Waals surface area (Å²) in [5.41, 5.74) is 4.90. The van der Waals surface area contributed by atoms with E-state index in [9.17, 15) is 9.59 Å². The maximum atomic E-state index is 13.8. The number of para-hydroxylation sites is 1. The summed E-state index contributed by atoms with van der Waals surface area (Å²) in [5.74, 6) is -0.452. The van der Waals surface area contributed by atoms with Crippen LogP contribution in [0.2, 0.25) is 10.0 Å². The van der Waals surface area contributed by atoms with Gasteiger partial charge in [0.2, 0.25) is 5.91 Å². The van der Waals surface area contributed by atoms with Gasteiger partial charge < -0.3 is 15.2 Å². The number of benzene rings is 5. The summed E-state index contributed by atoms with van der Waals surface area (Å²) in [6.45, 7) is 3.00. The molecular formula is C35H27Cl2N3O2S. The molecule has 0 aliphatic heterocycles. The number of hydrogen-bond acceptors (Lipinski definition) is 3. The van der Waals surface area contributed by atoms with Crippen molar-refractivity contribution in [2.24, 2.45) is 0 Å². The largest absolute Gasteiger partial charge is 0.341 e. The number of nitrogens with zero attached hydrogens (tertiary/aromatic N) is 1. The van der Waals surface area contributed by atoms with Crippen LogP contribution >= 0.6 is 35.0 Å². The predicted octanol–water partition coefficient (Wildman–Crippen LogP) is 9.85. The quantitative estimate of drug-likeness (QED) is 0.166. The van der Waals surface area contributed by atoms with Crippen molar-refractivity contribution in [2.75, 3.05) is 10.6 Å². The van der Waals surface area contributed by atoms with Gasteiger partial charge in [0.1, 0.15) is 5.25 Å². The zero-order valence-corrected chi connectivity index (χ0v) is 25.5. The molecule has 2 amide bonds. The van der Waals surface area contributed by atoms with Crippen LogP contribution in [0.25, 0.3) is 21.8 Å². The normalized spacial score (nSPS) is 11.9. The minimum atomic E-state index is -0.498. The van der Waals surface area contributed by atoms with Gasteiger partial charge in [0.05, 0.1) is 10.6 Å². The number of nitrogens with one attached hydrogen (secondary N) is 2. The third-order valence-electron chi connectivity index (χ3n) is 7.24. The van der Waals surface area contributed by atoms with E-state index in [-0.39, 0.29) is 16.8 Å². The molecule has 0 aliphatic carbocycles. The van der Waals surface area contributed by atoms with Gasteiger partial charge in [-0.25, -0.2) is 0 Å². The molecule has 0 fully saturated rings. The molecule has 2 N–H and O–H groups in total. The Morgan fingerprint density at radius 3 is 2.19 bits per heavy atom. The predicted molar refractivity (Wildman–Crippen MR) is 180 cm³/mol. The first-order chi connectivity index (χ1) is 20.9. The molecule has 5 nitrogen and oxygen atoms in total. The fourth-order valence-corrected chi connectivity index (χ4v) is 6.72. The van der Waals surface area contributed by atoms with E-state index in [1.807, 2.05) is 60.7 Å². The highest BCUT2D eigenvalue weighted by atomic mass is 35.5. The third kappa shape index (κ3) is 6.13. The third-order valence-corrected chi connectivity index (χ3v) is 9.05. The van der Waals surface area contributed by atoms with Crippen LogP contribution < -0.4 is 10.6 Å². The molecule has 214 valence electrons. The Morgan fingerprint density at radius 1 is 0.744 bits per heavy atom. The number of rotatable bonds is 8. The summed E-state index contributed by atoms with van der Waals surface area (Å²) in [5, 5.41) is 8.54. The maximum absolute atomic E-state index is 13.8. The highest BCUT2D eigenvalue weighted by Gasteiger charge is 2.23. The number of amides is 2. The Morgan fingerprint density at radius 2 is 1.44 bits per heavy atom. The molecule has 0 saturated heterocycles. The van der Waals surface area contributed by atoms with Gasteiger partial charge in [-0.1, -0.05) is 71.7 Å². The summed E-state index contributed by atoms with van der Waals surface area (Å²) in [4.78, 5) is 27.4. The molecule has 1 heterocycles. The first-order valence-corrected chi connectivity index (χ1v) is 15.4. The van der Waals surface area contributed by atoms with Crippen molar-refractivity contribution in [1.82, 2.24) is 4.57 Å². The van der Waals surface area contributed by atoms with Crippen LogP contribution in [-0.2, 0) is 11.3 Å². The molecule has 0 radical (unpaired) electrons. The second kappa shape index (κ2) is 12.6. The first-order valence-electron chi connectivity index (χ1n) is 13.8. The zero-order chi connectivity index (χ0) is 29.9. The van der Waals surface area contributed by atoms with Gasteiger partial charge in [0, 0.05) is 49.6 Å². The Balaban J connectivity index is 1.22. The average Bonchev–Trinajstić information content (AvgIpc) is 3.34. The van der Waals surface area contributed by atoms with Crippen LogP contribution in [0, 0.1) is 0 Å². The fraction of sp³-hybridized carbons (Fsp3) is 0.0857. The SMILES string of the molecule is CCn1c2ccccc2c2cc(NC(=O)C(Sc3ccc(NC(=O)c4ccc(Cl)cc4Cl)cc3)c3ccccc3)ccc21. The van der Waals surface area contributed by atoms with Crippen LogP contribution in [0.3, 0.4) is 0 Å². The lowest BCUT2D eigenvalue weighted by Gasteiger charge is -2.18. The second-order valence-corrected chi connectivity index (χ2v) is 12.0.